The molecule has 2 atom stereocenters. The molecule has 1 aliphatic rings. The first-order chi connectivity index (χ1) is 8.16. The molecule has 1 aliphatic carbocycles. The summed E-state index contributed by atoms with van der Waals surface area (Å²) in [6.07, 6.45) is 0.455. The Morgan fingerprint density at radius 3 is 2.35 bits per heavy atom. The summed E-state index contributed by atoms with van der Waals surface area (Å²) >= 11 is 0. The maximum absolute atomic E-state index is 11.9. The predicted octanol–water partition coefficient (Wildman–Crippen LogP) is 1.29. The number of ether oxygens (including phenoxy) is 2. The van der Waals surface area contributed by atoms with Gasteiger partial charge in [-0.3, -0.25) is 9.59 Å². The Hall–Kier alpha value is -1.84. The lowest BCUT2D eigenvalue weighted by Crippen LogP contribution is -2.27. The first kappa shape index (κ1) is 11.6. The summed E-state index contributed by atoms with van der Waals surface area (Å²) in [6.45, 7) is 0. The molecule has 0 saturated heterocycles. The smallest absolute Gasteiger partial charge is 0.317 e. The van der Waals surface area contributed by atoms with Crippen LogP contribution in [0.25, 0.3) is 0 Å². The fraction of sp³-hybridized carbons (Fsp3) is 0.385. The minimum absolute atomic E-state index is 0.362. The highest BCUT2D eigenvalue weighted by Crippen LogP contribution is 2.55. The molecule has 4 heteroatoms. The van der Waals surface area contributed by atoms with Gasteiger partial charge in [0.2, 0.25) is 0 Å². The predicted molar refractivity (Wildman–Crippen MR) is 60.3 cm³/mol. The summed E-state index contributed by atoms with van der Waals surface area (Å²) in [5, 5.41) is 0. The van der Waals surface area contributed by atoms with Gasteiger partial charge in [0.15, 0.2) is 0 Å². The van der Waals surface area contributed by atoms with Crippen LogP contribution >= 0.6 is 0 Å². The SMILES string of the molecule is COC(=O)C1CC1(C(=O)OC)c1ccccc1. The molecule has 0 aromatic heterocycles. The molecular formula is C13H14O4. The van der Waals surface area contributed by atoms with Crippen LogP contribution in [0.1, 0.15) is 12.0 Å². The van der Waals surface area contributed by atoms with Crippen LogP contribution in [0, 0.1) is 5.92 Å². The van der Waals surface area contributed by atoms with Crippen molar-refractivity contribution in [3.8, 4) is 0 Å². The molecule has 1 aromatic rings. The zero-order chi connectivity index (χ0) is 12.5. The van der Waals surface area contributed by atoms with Crippen LogP contribution in [0.15, 0.2) is 30.3 Å². The van der Waals surface area contributed by atoms with Gasteiger partial charge < -0.3 is 9.47 Å². The summed E-state index contributed by atoms with van der Waals surface area (Å²) in [5.74, 6) is -1.17. The van der Waals surface area contributed by atoms with E-state index in [1.807, 2.05) is 30.3 Å². The van der Waals surface area contributed by atoms with Crippen molar-refractivity contribution < 1.29 is 19.1 Å². The molecule has 2 rings (SSSR count). The van der Waals surface area contributed by atoms with Crippen LogP contribution in [-0.2, 0) is 24.5 Å². The second kappa shape index (κ2) is 4.20. The monoisotopic (exact) mass is 234 g/mol. The number of benzene rings is 1. The molecule has 0 spiro atoms. The number of carbonyl (C=O) groups is 2. The fourth-order valence-electron chi connectivity index (χ4n) is 2.27. The Morgan fingerprint density at radius 2 is 1.82 bits per heavy atom. The van der Waals surface area contributed by atoms with Crippen LogP contribution in [0.5, 0.6) is 0 Å². The summed E-state index contributed by atoms with van der Waals surface area (Å²) in [4.78, 5) is 23.5. The quantitative estimate of drug-likeness (QED) is 0.739. The van der Waals surface area contributed by atoms with Crippen molar-refractivity contribution in [2.24, 2.45) is 5.92 Å². The molecule has 0 heterocycles. The average Bonchev–Trinajstić information content (AvgIpc) is 3.14. The third-order valence-electron chi connectivity index (χ3n) is 3.29. The summed E-state index contributed by atoms with van der Waals surface area (Å²) in [5.41, 5.74) is -0.0365. The number of methoxy groups -OCH3 is 2. The molecule has 1 fully saturated rings. The summed E-state index contributed by atoms with van der Waals surface area (Å²) < 4.78 is 9.51. The molecule has 0 N–H and O–H groups in total. The van der Waals surface area contributed by atoms with E-state index in [4.69, 9.17) is 9.47 Å². The number of esters is 2. The average molecular weight is 234 g/mol. The molecule has 2 unspecified atom stereocenters. The first-order valence-corrected chi connectivity index (χ1v) is 5.38. The van der Waals surface area contributed by atoms with E-state index in [-0.39, 0.29) is 11.9 Å². The van der Waals surface area contributed by atoms with Crippen LogP contribution in [0.2, 0.25) is 0 Å². The van der Waals surface area contributed by atoms with Crippen molar-refractivity contribution >= 4 is 11.9 Å². The van der Waals surface area contributed by atoms with Crippen LogP contribution in [0.3, 0.4) is 0 Å². The highest BCUT2D eigenvalue weighted by molar-refractivity contribution is 5.96. The Bertz CT molecular complexity index is 440. The van der Waals surface area contributed by atoms with Gasteiger partial charge in [0, 0.05) is 0 Å². The van der Waals surface area contributed by atoms with E-state index in [0.29, 0.717) is 6.42 Å². The van der Waals surface area contributed by atoms with E-state index in [1.165, 1.54) is 14.2 Å². The van der Waals surface area contributed by atoms with Gasteiger partial charge in [-0.25, -0.2) is 0 Å². The van der Waals surface area contributed by atoms with Crippen LogP contribution in [-0.4, -0.2) is 26.2 Å². The lowest BCUT2D eigenvalue weighted by Gasteiger charge is -2.14. The Kier molecular flexibility index (Phi) is 2.88. The number of hydrogen-bond acceptors (Lipinski definition) is 4. The highest BCUT2D eigenvalue weighted by atomic mass is 16.5. The summed E-state index contributed by atoms with van der Waals surface area (Å²) in [7, 11) is 2.66. The topological polar surface area (TPSA) is 52.6 Å². The van der Waals surface area contributed by atoms with Crippen LogP contribution in [0.4, 0.5) is 0 Å². The largest absolute Gasteiger partial charge is 0.469 e. The van der Waals surface area contributed by atoms with Crippen LogP contribution < -0.4 is 0 Å². The minimum atomic E-state index is -0.844. The molecule has 1 saturated carbocycles. The van der Waals surface area contributed by atoms with Crippen molar-refractivity contribution in [2.45, 2.75) is 11.8 Å². The molecule has 1 aromatic carbocycles. The molecule has 17 heavy (non-hydrogen) atoms. The van der Waals surface area contributed by atoms with Crippen molar-refractivity contribution in [2.75, 3.05) is 14.2 Å². The second-order valence-electron chi connectivity index (χ2n) is 4.11. The Balaban J connectivity index is 2.36. The third-order valence-corrected chi connectivity index (χ3v) is 3.29. The van der Waals surface area contributed by atoms with Gasteiger partial charge in [-0.15, -0.1) is 0 Å². The standard InChI is InChI=1S/C13H14O4/c1-16-11(14)10-8-13(10,12(15)17-2)9-6-4-3-5-7-9/h3-7,10H,8H2,1-2H3. The lowest BCUT2D eigenvalue weighted by atomic mass is 9.93. The van der Waals surface area contributed by atoms with E-state index in [9.17, 15) is 9.59 Å². The normalized spacial score (nSPS) is 26.1. The van der Waals surface area contributed by atoms with E-state index >= 15 is 0 Å². The van der Waals surface area contributed by atoms with Gasteiger partial charge in [0.1, 0.15) is 5.41 Å². The van der Waals surface area contributed by atoms with Crippen molar-refractivity contribution in [3.63, 3.8) is 0 Å². The molecule has 4 nitrogen and oxygen atoms in total. The number of hydrogen-bond donors (Lipinski definition) is 0. The molecule has 0 radical (unpaired) electrons. The lowest BCUT2D eigenvalue weighted by molar-refractivity contribution is -0.149. The number of carbonyl (C=O) groups excluding carboxylic acids is 2. The minimum Gasteiger partial charge on any atom is -0.469 e. The van der Waals surface area contributed by atoms with Gasteiger partial charge in [-0.05, 0) is 12.0 Å². The van der Waals surface area contributed by atoms with Gasteiger partial charge in [0.05, 0.1) is 20.1 Å². The van der Waals surface area contributed by atoms with E-state index in [2.05, 4.69) is 0 Å². The Morgan fingerprint density at radius 1 is 1.18 bits per heavy atom. The van der Waals surface area contributed by atoms with Crippen molar-refractivity contribution in [1.82, 2.24) is 0 Å². The molecule has 0 bridgehead atoms. The van der Waals surface area contributed by atoms with Gasteiger partial charge >= 0.3 is 11.9 Å². The summed E-state index contributed by atoms with van der Waals surface area (Å²) in [6, 6.07) is 9.21. The van der Waals surface area contributed by atoms with Gasteiger partial charge in [0.25, 0.3) is 0 Å². The van der Waals surface area contributed by atoms with E-state index in [0.717, 1.165) is 5.56 Å². The molecule has 0 amide bonds. The molecule has 0 aliphatic heterocycles. The van der Waals surface area contributed by atoms with Gasteiger partial charge in [-0.2, -0.15) is 0 Å². The molecular weight excluding hydrogens is 220 g/mol. The van der Waals surface area contributed by atoms with Crippen molar-refractivity contribution in [3.05, 3.63) is 35.9 Å². The zero-order valence-corrected chi connectivity index (χ0v) is 9.80. The first-order valence-electron chi connectivity index (χ1n) is 5.38. The molecule has 90 valence electrons. The van der Waals surface area contributed by atoms with E-state index in [1.54, 1.807) is 0 Å². The van der Waals surface area contributed by atoms with E-state index < -0.39 is 11.3 Å². The Labute approximate surface area is 99.5 Å². The van der Waals surface area contributed by atoms with Crippen molar-refractivity contribution in [1.29, 1.82) is 0 Å². The second-order valence-corrected chi connectivity index (χ2v) is 4.11. The maximum atomic E-state index is 11.9. The van der Waals surface area contributed by atoms with Gasteiger partial charge in [-0.1, -0.05) is 30.3 Å². The highest BCUT2D eigenvalue weighted by Gasteiger charge is 2.66. The maximum Gasteiger partial charge on any atom is 0.317 e. The number of rotatable bonds is 3. The fourth-order valence-corrected chi connectivity index (χ4v) is 2.27. The zero-order valence-electron chi connectivity index (χ0n) is 9.80. The third kappa shape index (κ3) is 1.69.